The molecule has 1 unspecified atom stereocenters. The lowest BCUT2D eigenvalue weighted by molar-refractivity contribution is 0.0754. The monoisotopic (exact) mass is 337 g/mol. The number of rotatable bonds is 3. The topological polar surface area (TPSA) is 36.4 Å². The summed E-state index contributed by atoms with van der Waals surface area (Å²) in [5.74, 6) is 2.68. The second-order valence-corrected chi connectivity index (χ2v) is 7.70. The first kappa shape index (κ1) is 16.1. The van der Waals surface area contributed by atoms with E-state index >= 15 is 0 Å². The molecule has 3 heterocycles. The average molecular weight is 338 g/mol. The van der Waals surface area contributed by atoms with Crippen LogP contribution in [0.25, 0.3) is 0 Å². The summed E-state index contributed by atoms with van der Waals surface area (Å²) in [5.41, 5.74) is 0.750. The predicted octanol–water partition coefficient (Wildman–Crippen LogP) is 2.46. The molecule has 2 aliphatic rings. The van der Waals surface area contributed by atoms with Crippen molar-refractivity contribution in [3.63, 3.8) is 0 Å². The molecule has 1 aromatic rings. The van der Waals surface area contributed by atoms with Crippen LogP contribution in [0.4, 0.5) is 0 Å². The Morgan fingerprint density at radius 3 is 3.05 bits per heavy atom. The number of thioether (sulfide) groups is 2. The number of carbonyl (C=O) groups excluding carboxylic acids is 1. The van der Waals surface area contributed by atoms with Crippen LogP contribution in [0, 0.1) is 0 Å². The van der Waals surface area contributed by atoms with E-state index in [-0.39, 0.29) is 5.91 Å². The fourth-order valence-corrected chi connectivity index (χ4v) is 5.00. The van der Waals surface area contributed by atoms with Crippen molar-refractivity contribution in [2.75, 3.05) is 43.9 Å². The summed E-state index contributed by atoms with van der Waals surface area (Å²) in [5, 5.41) is 0.834. The molecule has 120 valence electrons. The quantitative estimate of drug-likeness (QED) is 0.792. The molecule has 2 saturated heterocycles. The largest absolute Gasteiger partial charge is 0.337 e. The Kier molecular flexibility index (Phi) is 5.66. The van der Waals surface area contributed by atoms with E-state index in [1.165, 1.54) is 17.9 Å². The average Bonchev–Trinajstić information content (AvgIpc) is 2.99. The van der Waals surface area contributed by atoms with Crippen LogP contribution < -0.4 is 0 Å². The zero-order valence-electron chi connectivity index (χ0n) is 13.0. The molecule has 0 aliphatic carbocycles. The normalized spacial score (nSPS) is 23.5. The van der Waals surface area contributed by atoms with Crippen LogP contribution in [0.2, 0.25) is 0 Å². The Bertz CT molecular complexity index is 520. The smallest absolute Gasteiger partial charge is 0.256 e. The lowest BCUT2D eigenvalue weighted by Crippen LogP contribution is -2.39. The molecule has 22 heavy (non-hydrogen) atoms. The summed E-state index contributed by atoms with van der Waals surface area (Å²) in [6, 6.07) is 4.48. The maximum absolute atomic E-state index is 12.8. The lowest BCUT2D eigenvalue weighted by Gasteiger charge is -2.27. The van der Waals surface area contributed by atoms with Gasteiger partial charge in [-0.1, -0.05) is 0 Å². The minimum absolute atomic E-state index is 0.139. The van der Waals surface area contributed by atoms with E-state index in [1.807, 2.05) is 23.3 Å². The molecule has 0 radical (unpaired) electrons. The van der Waals surface area contributed by atoms with Gasteiger partial charge in [0.25, 0.3) is 5.91 Å². The fourth-order valence-electron chi connectivity index (χ4n) is 3.20. The molecule has 1 atom stereocenters. The summed E-state index contributed by atoms with van der Waals surface area (Å²) >= 11 is 3.60. The first-order valence-electron chi connectivity index (χ1n) is 7.89. The molecule has 0 spiro atoms. The Labute approximate surface area is 141 Å². The van der Waals surface area contributed by atoms with E-state index in [2.05, 4.69) is 21.6 Å². The van der Waals surface area contributed by atoms with Gasteiger partial charge in [0.2, 0.25) is 0 Å². The third-order valence-corrected chi connectivity index (χ3v) is 6.29. The minimum atomic E-state index is 0.139. The van der Waals surface area contributed by atoms with Gasteiger partial charge in [-0.2, -0.15) is 11.8 Å². The molecule has 1 aromatic heterocycles. The van der Waals surface area contributed by atoms with Gasteiger partial charge >= 0.3 is 0 Å². The standard InChI is InChI=1S/C16H23N3OS2/c1-21-15-14(4-2-6-17-15)16(20)19-8-3-7-18(9-10-19)13-5-11-22-12-13/h2,4,6,13H,3,5,7-12H2,1H3. The van der Waals surface area contributed by atoms with Crippen LogP contribution in [-0.2, 0) is 0 Å². The maximum atomic E-state index is 12.8. The molecule has 1 amide bonds. The molecular weight excluding hydrogens is 314 g/mol. The van der Waals surface area contributed by atoms with Crippen molar-refractivity contribution in [2.24, 2.45) is 0 Å². The predicted molar refractivity (Wildman–Crippen MR) is 93.8 cm³/mol. The highest BCUT2D eigenvalue weighted by molar-refractivity contribution is 7.99. The van der Waals surface area contributed by atoms with Crippen LogP contribution in [0.5, 0.6) is 0 Å². The molecule has 2 fully saturated rings. The molecule has 6 heteroatoms. The molecule has 0 aromatic carbocycles. The van der Waals surface area contributed by atoms with E-state index < -0.39 is 0 Å². The third-order valence-electron chi connectivity index (χ3n) is 4.43. The highest BCUT2D eigenvalue weighted by Gasteiger charge is 2.27. The molecular formula is C16H23N3OS2. The van der Waals surface area contributed by atoms with Gasteiger partial charge < -0.3 is 4.90 Å². The second kappa shape index (κ2) is 7.70. The summed E-state index contributed by atoms with van der Waals surface area (Å²) in [6.45, 7) is 3.82. The highest BCUT2D eigenvalue weighted by Crippen LogP contribution is 2.24. The van der Waals surface area contributed by atoms with Crippen LogP contribution in [0.3, 0.4) is 0 Å². The molecule has 4 nitrogen and oxygen atoms in total. The van der Waals surface area contributed by atoms with Gasteiger partial charge in [0.05, 0.1) is 5.56 Å². The number of hydrogen-bond donors (Lipinski definition) is 0. The van der Waals surface area contributed by atoms with Crippen LogP contribution in [0.15, 0.2) is 23.4 Å². The lowest BCUT2D eigenvalue weighted by atomic mass is 10.2. The fraction of sp³-hybridized carbons (Fsp3) is 0.625. The zero-order chi connectivity index (χ0) is 15.4. The van der Waals surface area contributed by atoms with Crippen molar-refractivity contribution >= 4 is 29.4 Å². The van der Waals surface area contributed by atoms with Gasteiger partial charge in [0, 0.05) is 44.2 Å². The minimum Gasteiger partial charge on any atom is -0.337 e. The highest BCUT2D eigenvalue weighted by atomic mass is 32.2. The molecule has 0 saturated carbocycles. The van der Waals surface area contributed by atoms with E-state index in [1.54, 1.807) is 18.0 Å². The third kappa shape index (κ3) is 3.60. The van der Waals surface area contributed by atoms with Gasteiger partial charge in [-0.25, -0.2) is 4.98 Å². The van der Waals surface area contributed by atoms with Gasteiger partial charge in [0.1, 0.15) is 5.03 Å². The van der Waals surface area contributed by atoms with E-state index in [4.69, 9.17) is 0 Å². The Balaban J connectivity index is 1.66. The summed E-state index contributed by atoms with van der Waals surface area (Å²) in [7, 11) is 0. The van der Waals surface area contributed by atoms with Crippen molar-refractivity contribution < 1.29 is 4.79 Å². The van der Waals surface area contributed by atoms with Gasteiger partial charge in [-0.15, -0.1) is 11.8 Å². The number of nitrogens with zero attached hydrogens (tertiary/aromatic N) is 3. The zero-order valence-corrected chi connectivity index (χ0v) is 14.7. The molecule has 3 rings (SSSR count). The maximum Gasteiger partial charge on any atom is 0.256 e. The molecule has 2 aliphatic heterocycles. The first-order chi connectivity index (χ1) is 10.8. The van der Waals surface area contributed by atoms with Crippen LogP contribution >= 0.6 is 23.5 Å². The van der Waals surface area contributed by atoms with Crippen LogP contribution in [-0.4, -0.2) is 70.7 Å². The van der Waals surface area contributed by atoms with Crippen LogP contribution in [0.1, 0.15) is 23.2 Å². The second-order valence-electron chi connectivity index (χ2n) is 5.76. The summed E-state index contributed by atoms with van der Waals surface area (Å²) in [6.07, 6.45) is 6.10. The van der Waals surface area contributed by atoms with Crippen molar-refractivity contribution in [3.05, 3.63) is 23.9 Å². The van der Waals surface area contributed by atoms with E-state index in [9.17, 15) is 4.79 Å². The SMILES string of the molecule is CSc1ncccc1C(=O)N1CCCN(C2CCSC2)CC1. The Morgan fingerprint density at radius 2 is 2.27 bits per heavy atom. The number of pyridine rings is 1. The molecule has 0 bridgehead atoms. The van der Waals surface area contributed by atoms with Crippen molar-refractivity contribution in [3.8, 4) is 0 Å². The van der Waals surface area contributed by atoms with Crippen molar-refractivity contribution in [1.29, 1.82) is 0 Å². The number of aromatic nitrogens is 1. The Hall–Kier alpha value is -0.720. The summed E-state index contributed by atoms with van der Waals surface area (Å²) < 4.78 is 0. The number of carbonyl (C=O) groups is 1. The van der Waals surface area contributed by atoms with E-state index in [0.717, 1.165) is 49.2 Å². The van der Waals surface area contributed by atoms with Gasteiger partial charge in [-0.3, -0.25) is 9.69 Å². The summed E-state index contributed by atoms with van der Waals surface area (Å²) in [4.78, 5) is 21.7. The van der Waals surface area contributed by atoms with E-state index in [0.29, 0.717) is 0 Å². The number of amides is 1. The van der Waals surface area contributed by atoms with Crippen molar-refractivity contribution in [2.45, 2.75) is 23.9 Å². The molecule has 0 N–H and O–H groups in total. The first-order valence-corrected chi connectivity index (χ1v) is 10.3. The number of hydrogen-bond acceptors (Lipinski definition) is 5. The van der Waals surface area contributed by atoms with Gasteiger partial charge in [-0.05, 0) is 37.0 Å². The van der Waals surface area contributed by atoms with Gasteiger partial charge in [0.15, 0.2) is 0 Å². The Morgan fingerprint density at radius 1 is 1.36 bits per heavy atom. The van der Waals surface area contributed by atoms with Crippen molar-refractivity contribution in [1.82, 2.24) is 14.8 Å².